The third kappa shape index (κ3) is 3.13. The Morgan fingerprint density at radius 2 is 1.44 bits per heavy atom. The number of hydrogen-bond donors (Lipinski definition) is 0. The Labute approximate surface area is 189 Å². The molecule has 0 aliphatic heterocycles. The topological polar surface area (TPSA) is 21.7 Å². The third-order valence-corrected chi connectivity index (χ3v) is 6.42. The van der Waals surface area contributed by atoms with Crippen LogP contribution in [-0.4, -0.2) is 9.55 Å². The van der Waals surface area contributed by atoms with E-state index in [-0.39, 0.29) is 0 Å². The summed E-state index contributed by atoms with van der Waals surface area (Å²) < 4.78 is 4.74. The predicted molar refractivity (Wildman–Crippen MR) is 132 cm³/mol. The maximum atomic E-state index is 4.46. The minimum absolute atomic E-state index is 1.15. The van der Waals surface area contributed by atoms with Gasteiger partial charge in [0.15, 0.2) is 11.0 Å². The van der Waals surface area contributed by atoms with Crippen molar-refractivity contribution in [3.8, 4) is 28.2 Å². The summed E-state index contributed by atoms with van der Waals surface area (Å²) >= 11 is 0. The van der Waals surface area contributed by atoms with Gasteiger partial charge < -0.3 is 0 Å². The maximum Gasteiger partial charge on any atom is 0.296 e. The van der Waals surface area contributed by atoms with Gasteiger partial charge in [-0.05, 0) is 79.8 Å². The average Bonchev–Trinajstić information content (AvgIpc) is 3.07. The van der Waals surface area contributed by atoms with E-state index in [0.717, 1.165) is 11.4 Å². The molecule has 0 atom stereocenters. The minimum atomic E-state index is 1.15. The van der Waals surface area contributed by atoms with Gasteiger partial charge in [-0.25, -0.2) is 4.57 Å². The molecule has 2 heterocycles. The van der Waals surface area contributed by atoms with Crippen LogP contribution < -0.4 is 4.57 Å². The van der Waals surface area contributed by atoms with E-state index in [4.69, 9.17) is 0 Å². The van der Waals surface area contributed by atoms with Crippen LogP contribution in [0.15, 0.2) is 79.1 Å². The SMILES string of the molecule is Cc1ccncc1-c1n(-c2c(C)cc(-c3ccccc3)cc2C)c2cccc(C)c2[n+]1C. The molecule has 158 valence electrons. The molecule has 3 nitrogen and oxygen atoms in total. The van der Waals surface area contributed by atoms with Crippen molar-refractivity contribution in [2.45, 2.75) is 27.7 Å². The molecule has 32 heavy (non-hydrogen) atoms. The number of fused-ring (bicyclic) bond motifs is 1. The Bertz CT molecular complexity index is 1440. The molecule has 2 aromatic heterocycles. The van der Waals surface area contributed by atoms with Crippen LogP contribution in [0, 0.1) is 27.7 Å². The summed E-state index contributed by atoms with van der Waals surface area (Å²) in [4.78, 5) is 4.46. The van der Waals surface area contributed by atoms with E-state index in [1.54, 1.807) is 0 Å². The molecule has 0 aliphatic rings. The van der Waals surface area contributed by atoms with Crippen molar-refractivity contribution in [2.24, 2.45) is 7.05 Å². The summed E-state index contributed by atoms with van der Waals surface area (Å²) in [6.45, 7) is 8.78. The number of benzene rings is 3. The lowest BCUT2D eigenvalue weighted by Crippen LogP contribution is -2.31. The van der Waals surface area contributed by atoms with E-state index in [9.17, 15) is 0 Å². The third-order valence-electron chi connectivity index (χ3n) is 6.42. The standard InChI is InChI=1S/C29H28N3/c1-19-14-15-30-18-25(19)29-31(5)28-20(2)10-9-13-26(28)32(29)27-21(3)16-24(17-22(27)4)23-11-7-6-8-12-23/h6-18H,1-5H3/q+1. The van der Waals surface area contributed by atoms with E-state index in [1.165, 1.54) is 50.1 Å². The molecule has 0 N–H and O–H groups in total. The van der Waals surface area contributed by atoms with Crippen LogP contribution in [0.3, 0.4) is 0 Å². The highest BCUT2D eigenvalue weighted by molar-refractivity contribution is 5.83. The highest BCUT2D eigenvalue weighted by Gasteiger charge is 2.30. The number of nitrogens with zero attached hydrogens (tertiary/aromatic N) is 3. The molecule has 0 amide bonds. The second kappa shape index (κ2) is 7.76. The second-order valence-electron chi connectivity index (χ2n) is 8.68. The Morgan fingerprint density at radius 1 is 0.719 bits per heavy atom. The van der Waals surface area contributed by atoms with Gasteiger partial charge in [0.1, 0.15) is 5.69 Å². The molecule has 5 rings (SSSR count). The largest absolute Gasteiger partial charge is 0.296 e. The molecule has 0 bridgehead atoms. The van der Waals surface area contributed by atoms with Gasteiger partial charge in [-0.15, -0.1) is 0 Å². The summed E-state index contributed by atoms with van der Waals surface area (Å²) in [6, 6.07) is 23.9. The van der Waals surface area contributed by atoms with Gasteiger partial charge in [0, 0.05) is 18.0 Å². The fourth-order valence-electron chi connectivity index (χ4n) is 4.96. The zero-order chi connectivity index (χ0) is 22.4. The van der Waals surface area contributed by atoms with Gasteiger partial charge in [-0.3, -0.25) is 4.98 Å². The number of aryl methyl sites for hydroxylation is 5. The molecule has 0 unspecified atom stereocenters. The molecular formula is C29H28N3+. The Balaban J connectivity index is 1.87. The predicted octanol–water partition coefficient (Wildman–Crippen LogP) is 6.42. The van der Waals surface area contributed by atoms with Crippen LogP contribution in [0.5, 0.6) is 0 Å². The summed E-state index contributed by atoms with van der Waals surface area (Å²) in [5.74, 6) is 1.15. The highest BCUT2D eigenvalue weighted by atomic mass is 15.2. The zero-order valence-corrected chi connectivity index (χ0v) is 19.3. The van der Waals surface area contributed by atoms with Crippen molar-refractivity contribution in [3.63, 3.8) is 0 Å². The van der Waals surface area contributed by atoms with Crippen molar-refractivity contribution in [1.29, 1.82) is 0 Å². The summed E-state index contributed by atoms with van der Waals surface area (Å²) in [5, 5.41) is 0. The molecular weight excluding hydrogens is 390 g/mol. The fraction of sp³-hybridized carbons (Fsp3) is 0.172. The van der Waals surface area contributed by atoms with Crippen LogP contribution in [0.4, 0.5) is 0 Å². The smallest absolute Gasteiger partial charge is 0.264 e. The first-order chi connectivity index (χ1) is 15.5. The molecule has 0 saturated heterocycles. The van der Waals surface area contributed by atoms with Crippen LogP contribution in [0.25, 0.3) is 39.2 Å². The van der Waals surface area contributed by atoms with E-state index < -0.39 is 0 Å². The number of hydrogen-bond acceptors (Lipinski definition) is 1. The highest BCUT2D eigenvalue weighted by Crippen LogP contribution is 2.34. The second-order valence-corrected chi connectivity index (χ2v) is 8.68. The van der Waals surface area contributed by atoms with E-state index in [0.29, 0.717) is 0 Å². The van der Waals surface area contributed by atoms with E-state index >= 15 is 0 Å². The molecule has 0 aliphatic carbocycles. The number of aromatic nitrogens is 3. The first-order valence-electron chi connectivity index (χ1n) is 11.1. The number of para-hydroxylation sites is 1. The number of imidazole rings is 1. The molecule has 0 fully saturated rings. The van der Waals surface area contributed by atoms with Gasteiger partial charge in [-0.2, -0.15) is 4.57 Å². The van der Waals surface area contributed by atoms with Crippen LogP contribution in [0.1, 0.15) is 22.3 Å². The molecule has 3 aromatic carbocycles. The van der Waals surface area contributed by atoms with Gasteiger partial charge in [0.25, 0.3) is 5.82 Å². The first kappa shape index (κ1) is 20.2. The number of rotatable bonds is 3. The fourth-order valence-corrected chi connectivity index (χ4v) is 4.96. The van der Waals surface area contributed by atoms with Crippen LogP contribution >= 0.6 is 0 Å². The van der Waals surface area contributed by atoms with E-state index in [2.05, 4.69) is 116 Å². The maximum absolute atomic E-state index is 4.46. The van der Waals surface area contributed by atoms with Crippen molar-refractivity contribution in [3.05, 3.63) is 101 Å². The first-order valence-corrected chi connectivity index (χ1v) is 11.1. The van der Waals surface area contributed by atoms with Gasteiger partial charge in [-0.1, -0.05) is 42.5 Å². The van der Waals surface area contributed by atoms with Crippen molar-refractivity contribution >= 4 is 11.0 Å². The lowest BCUT2D eigenvalue weighted by molar-refractivity contribution is -0.634. The molecule has 0 saturated carbocycles. The normalized spacial score (nSPS) is 11.3. The van der Waals surface area contributed by atoms with Gasteiger partial charge in [0.05, 0.1) is 12.6 Å². The summed E-state index contributed by atoms with van der Waals surface area (Å²) in [7, 11) is 2.16. The Morgan fingerprint density at radius 3 is 2.12 bits per heavy atom. The summed E-state index contributed by atoms with van der Waals surface area (Å²) in [6.07, 6.45) is 3.85. The van der Waals surface area contributed by atoms with Crippen LogP contribution in [0.2, 0.25) is 0 Å². The molecule has 0 radical (unpaired) electrons. The average molecular weight is 419 g/mol. The summed E-state index contributed by atoms with van der Waals surface area (Å²) in [5.41, 5.74) is 12.3. The lowest BCUT2D eigenvalue weighted by Gasteiger charge is -2.13. The van der Waals surface area contributed by atoms with Crippen molar-refractivity contribution < 1.29 is 4.57 Å². The Kier molecular flexibility index (Phi) is 4.90. The monoisotopic (exact) mass is 418 g/mol. The Hall–Kier alpha value is -3.72. The van der Waals surface area contributed by atoms with Gasteiger partial charge in [0.2, 0.25) is 0 Å². The molecule has 3 heteroatoms. The zero-order valence-electron chi connectivity index (χ0n) is 19.3. The van der Waals surface area contributed by atoms with Gasteiger partial charge >= 0.3 is 0 Å². The number of pyridine rings is 1. The minimum Gasteiger partial charge on any atom is -0.264 e. The molecule has 0 spiro atoms. The quantitative estimate of drug-likeness (QED) is 0.310. The lowest BCUT2D eigenvalue weighted by atomic mass is 9.98. The van der Waals surface area contributed by atoms with Crippen LogP contribution in [-0.2, 0) is 7.05 Å². The van der Waals surface area contributed by atoms with Crippen molar-refractivity contribution in [1.82, 2.24) is 9.55 Å². The van der Waals surface area contributed by atoms with E-state index in [1.807, 2.05) is 12.4 Å². The molecule has 5 aromatic rings. The van der Waals surface area contributed by atoms with Crippen molar-refractivity contribution in [2.75, 3.05) is 0 Å².